The lowest BCUT2D eigenvalue weighted by Crippen LogP contribution is -2.34. The Bertz CT molecular complexity index is 349. The summed E-state index contributed by atoms with van der Waals surface area (Å²) in [7, 11) is 0. The third kappa shape index (κ3) is 3.75. The van der Waals surface area contributed by atoms with E-state index in [-0.39, 0.29) is 0 Å². The highest BCUT2D eigenvalue weighted by molar-refractivity contribution is 7.99. The van der Waals surface area contributed by atoms with Crippen LogP contribution in [0.4, 0.5) is 0 Å². The van der Waals surface area contributed by atoms with Gasteiger partial charge < -0.3 is 5.32 Å². The third-order valence-electron chi connectivity index (χ3n) is 3.45. The van der Waals surface area contributed by atoms with Gasteiger partial charge in [0.25, 0.3) is 0 Å². The Labute approximate surface area is 109 Å². The van der Waals surface area contributed by atoms with Crippen LogP contribution in [-0.4, -0.2) is 17.5 Å². The molecule has 1 aliphatic heterocycles. The van der Waals surface area contributed by atoms with Crippen molar-refractivity contribution in [1.82, 2.24) is 5.32 Å². The van der Waals surface area contributed by atoms with Gasteiger partial charge in [-0.1, -0.05) is 29.3 Å². The summed E-state index contributed by atoms with van der Waals surface area (Å²) in [5, 5.41) is 3.78. The first kappa shape index (κ1) is 13.0. The van der Waals surface area contributed by atoms with E-state index in [9.17, 15) is 0 Å². The number of benzene rings is 1. The molecule has 1 saturated heterocycles. The fourth-order valence-electron chi connectivity index (χ4n) is 2.57. The third-order valence-corrected chi connectivity index (χ3v) is 4.50. The molecule has 2 heteroatoms. The van der Waals surface area contributed by atoms with Crippen LogP contribution >= 0.6 is 11.8 Å². The predicted molar refractivity (Wildman–Crippen MR) is 77.8 cm³/mol. The van der Waals surface area contributed by atoms with Crippen LogP contribution in [0.25, 0.3) is 0 Å². The average Bonchev–Trinajstić information content (AvgIpc) is 2.29. The number of hydrogen-bond donors (Lipinski definition) is 1. The van der Waals surface area contributed by atoms with Gasteiger partial charge in [-0.25, -0.2) is 0 Å². The molecule has 1 aromatic carbocycles. The van der Waals surface area contributed by atoms with Crippen molar-refractivity contribution in [3.05, 3.63) is 34.9 Å². The van der Waals surface area contributed by atoms with Gasteiger partial charge >= 0.3 is 0 Å². The van der Waals surface area contributed by atoms with Crippen molar-refractivity contribution in [3.63, 3.8) is 0 Å². The van der Waals surface area contributed by atoms with Gasteiger partial charge in [0.1, 0.15) is 0 Å². The summed E-state index contributed by atoms with van der Waals surface area (Å²) in [5.74, 6) is 2.63. The number of thioether (sulfide) groups is 1. The predicted octanol–water partition coefficient (Wildman–Crippen LogP) is 3.85. The molecule has 0 aromatic heterocycles. The van der Waals surface area contributed by atoms with E-state index in [0.717, 1.165) is 0 Å². The number of nitrogens with one attached hydrogen (secondary N) is 1. The number of hydrogen-bond acceptors (Lipinski definition) is 2. The van der Waals surface area contributed by atoms with E-state index in [4.69, 9.17) is 0 Å². The van der Waals surface area contributed by atoms with Crippen LogP contribution in [-0.2, 0) is 0 Å². The van der Waals surface area contributed by atoms with Crippen LogP contribution in [0.3, 0.4) is 0 Å². The second-order valence-corrected chi connectivity index (χ2v) is 6.42. The molecule has 0 spiro atoms. The maximum atomic E-state index is 3.78. The van der Waals surface area contributed by atoms with E-state index in [1.54, 1.807) is 0 Å². The van der Waals surface area contributed by atoms with E-state index in [2.05, 4.69) is 56.0 Å². The van der Waals surface area contributed by atoms with Crippen molar-refractivity contribution in [2.45, 2.75) is 45.7 Å². The molecule has 1 unspecified atom stereocenters. The molecule has 0 aliphatic carbocycles. The second-order valence-electron chi connectivity index (χ2n) is 5.20. The Balaban J connectivity index is 2.00. The van der Waals surface area contributed by atoms with Crippen LogP contribution in [0, 0.1) is 13.8 Å². The smallest absolute Gasteiger partial charge is 0.0294 e. The van der Waals surface area contributed by atoms with Crippen LogP contribution in [0.1, 0.15) is 42.5 Å². The minimum Gasteiger partial charge on any atom is -0.307 e. The van der Waals surface area contributed by atoms with Gasteiger partial charge in [-0.2, -0.15) is 11.8 Å². The Hall–Kier alpha value is -0.470. The molecule has 1 nitrogen and oxygen atoms in total. The molecule has 0 radical (unpaired) electrons. The zero-order valence-corrected chi connectivity index (χ0v) is 11.9. The zero-order chi connectivity index (χ0) is 12.3. The Morgan fingerprint density at radius 2 is 1.71 bits per heavy atom. The largest absolute Gasteiger partial charge is 0.307 e. The van der Waals surface area contributed by atoms with Crippen LogP contribution in [0.5, 0.6) is 0 Å². The summed E-state index contributed by atoms with van der Waals surface area (Å²) in [6.07, 6.45) is 2.64. The summed E-state index contributed by atoms with van der Waals surface area (Å²) in [6.45, 7) is 6.65. The van der Waals surface area contributed by atoms with Gasteiger partial charge in [0.2, 0.25) is 0 Å². The lowest BCUT2D eigenvalue weighted by Gasteiger charge is -2.27. The monoisotopic (exact) mass is 249 g/mol. The van der Waals surface area contributed by atoms with Gasteiger partial charge in [-0.3, -0.25) is 0 Å². The molecule has 1 fully saturated rings. The molecule has 94 valence electrons. The molecular formula is C15H23NS. The van der Waals surface area contributed by atoms with E-state index in [1.165, 1.54) is 41.0 Å². The van der Waals surface area contributed by atoms with Crippen molar-refractivity contribution in [1.29, 1.82) is 0 Å². The topological polar surface area (TPSA) is 12.0 Å². The van der Waals surface area contributed by atoms with Gasteiger partial charge in [0.05, 0.1) is 0 Å². The standard InChI is InChI=1S/C15H23NS/c1-11-8-12(2)10-14(9-11)13(3)16-15-4-6-17-7-5-15/h8-10,13,15-16H,4-7H2,1-3H3. The van der Waals surface area contributed by atoms with Gasteiger partial charge in [0, 0.05) is 12.1 Å². The molecule has 1 heterocycles. The molecule has 0 amide bonds. The molecular weight excluding hydrogens is 226 g/mol. The second kappa shape index (κ2) is 5.92. The SMILES string of the molecule is Cc1cc(C)cc(C(C)NC2CCSCC2)c1. The molecule has 2 rings (SSSR count). The Kier molecular flexibility index (Phi) is 4.52. The summed E-state index contributed by atoms with van der Waals surface area (Å²) in [4.78, 5) is 0. The molecule has 17 heavy (non-hydrogen) atoms. The lowest BCUT2D eigenvalue weighted by molar-refractivity contribution is 0.431. The fraction of sp³-hybridized carbons (Fsp3) is 0.600. The highest BCUT2D eigenvalue weighted by atomic mass is 32.2. The van der Waals surface area contributed by atoms with Crippen molar-refractivity contribution >= 4 is 11.8 Å². The molecule has 0 bridgehead atoms. The molecule has 1 aliphatic rings. The first-order valence-electron chi connectivity index (χ1n) is 6.57. The normalized spacial score (nSPS) is 19.2. The highest BCUT2D eigenvalue weighted by Gasteiger charge is 2.16. The van der Waals surface area contributed by atoms with Gasteiger partial charge in [-0.05, 0) is 50.7 Å². The Morgan fingerprint density at radius 1 is 1.12 bits per heavy atom. The number of rotatable bonds is 3. The first-order valence-corrected chi connectivity index (χ1v) is 7.72. The zero-order valence-electron chi connectivity index (χ0n) is 11.1. The highest BCUT2D eigenvalue weighted by Crippen LogP contribution is 2.22. The fourth-order valence-corrected chi connectivity index (χ4v) is 3.68. The maximum Gasteiger partial charge on any atom is 0.0294 e. The van der Waals surface area contributed by atoms with Crippen LogP contribution in [0.2, 0.25) is 0 Å². The van der Waals surface area contributed by atoms with Gasteiger partial charge in [0.15, 0.2) is 0 Å². The van der Waals surface area contributed by atoms with Crippen molar-refractivity contribution in [2.75, 3.05) is 11.5 Å². The van der Waals surface area contributed by atoms with Crippen molar-refractivity contribution in [3.8, 4) is 0 Å². The minimum atomic E-state index is 0.474. The maximum absolute atomic E-state index is 3.78. The molecule has 1 aromatic rings. The Morgan fingerprint density at radius 3 is 2.29 bits per heavy atom. The summed E-state index contributed by atoms with van der Waals surface area (Å²) in [5.41, 5.74) is 4.17. The molecule has 1 N–H and O–H groups in total. The van der Waals surface area contributed by atoms with Crippen molar-refractivity contribution in [2.24, 2.45) is 0 Å². The quantitative estimate of drug-likeness (QED) is 0.873. The van der Waals surface area contributed by atoms with E-state index < -0.39 is 0 Å². The summed E-state index contributed by atoms with van der Waals surface area (Å²) < 4.78 is 0. The van der Waals surface area contributed by atoms with E-state index in [1.807, 2.05) is 0 Å². The van der Waals surface area contributed by atoms with Crippen LogP contribution in [0.15, 0.2) is 18.2 Å². The van der Waals surface area contributed by atoms with E-state index >= 15 is 0 Å². The first-order chi connectivity index (χ1) is 8.15. The molecule has 0 saturated carbocycles. The average molecular weight is 249 g/mol. The van der Waals surface area contributed by atoms with Crippen LogP contribution < -0.4 is 5.32 Å². The van der Waals surface area contributed by atoms with Gasteiger partial charge in [-0.15, -0.1) is 0 Å². The molecule has 1 atom stereocenters. The minimum absolute atomic E-state index is 0.474. The summed E-state index contributed by atoms with van der Waals surface area (Å²) in [6, 6.07) is 8.05. The number of aryl methyl sites for hydroxylation is 2. The summed E-state index contributed by atoms with van der Waals surface area (Å²) >= 11 is 2.09. The lowest BCUT2D eigenvalue weighted by atomic mass is 10.0. The van der Waals surface area contributed by atoms with E-state index in [0.29, 0.717) is 12.1 Å². The van der Waals surface area contributed by atoms with Crippen molar-refractivity contribution < 1.29 is 0 Å².